The average Bonchev–Trinajstić information content (AvgIpc) is 2.93. The van der Waals surface area contributed by atoms with Crippen LogP contribution in [0.15, 0.2) is 0 Å². The highest BCUT2D eigenvalue weighted by molar-refractivity contribution is 6.30. The van der Waals surface area contributed by atoms with Crippen LogP contribution < -0.4 is 0 Å². The van der Waals surface area contributed by atoms with Crippen LogP contribution in [0.25, 0.3) is 0 Å². The molecule has 0 amide bonds. The maximum absolute atomic E-state index is 13.7. The van der Waals surface area contributed by atoms with E-state index in [9.17, 15) is 9.59 Å². The number of carbonyl (C=O) groups is 2. The molecule has 5 aliphatic rings. The molecule has 0 unspecified atom stereocenters. The lowest BCUT2D eigenvalue weighted by Crippen LogP contribution is -2.68. The molecule has 0 aromatic rings. The Morgan fingerprint density at radius 2 is 0.943 bits per heavy atom. The minimum Gasteiger partial charge on any atom is -0.297 e. The molecule has 2 spiro atoms. The topological polar surface area (TPSA) is 34.1 Å². The van der Waals surface area contributed by atoms with Crippen LogP contribution in [0.2, 0.25) is 0 Å². The SMILES string of the molecule is CCCCC[C@H]1CC[C@H](C2CCC3(CC2)C(=O)C2(CCC([C@H]4CC[C@H](CC)CC4)CC2)C3=O)CC1. The van der Waals surface area contributed by atoms with Crippen LogP contribution in [-0.4, -0.2) is 11.6 Å². The maximum Gasteiger partial charge on any atom is 0.159 e. The van der Waals surface area contributed by atoms with Crippen molar-refractivity contribution in [2.24, 2.45) is 46.3 Å². The Hall–Kier alpha value is -0.660. The number of unbranched alkanes of at least 4 members (excludes halogenated alkanes) is 2. The van der Waals surface area contributed by atoms with Gasteiger partial charge in [0.1, 0.15) is 0 Å². The summed E-state index contributed by atoms with van der Waals surface area (Å²) in [4.78, 5) is 27.4. The van der Waals surface area contributed by atoms with Crippen molar-refractivity contribution in [3.63, 3.8) is 0 Å². The van der Waals surface area contributed by atoms with Crippen LogP contribution in [0.3, 0.4) is 0 Å². The number of hydrogen-bond acceptors (Lipinski definition) is 2. The van der Waals surface area contributed by atoms with E-state index < -0.39 is 10.8 Å². The first-order chi connectivity index (χ1) is 17.0. The van der Waals surface area contributed by atoms with Gasteiger partial charge in [0, 0.05) is 0 Å². The van der Waals surface area contributed by atoms with Crippen LogP contribution in [-0.2, 0) is 9.59 Å². The predicted molar refractivity (Wildman–Crippen MR) is 144 cm³/mol. The number of hydrogen-bond donors (Lipinski definition) is 0. The van der Waals surface area contributed by atoms with Crippen molar-refractivity contribution in [1.82, 2.24) is 0 Å². The molecule has 5 rings (SSSR count). The molecular weight excluding hydrogens is 428 g/mol. The van der Waals surface area contributed by atoms with Crippen LogP contribution >= 0.6 is 0 Å². The second kappa shape index (κ2) is 11.0. The second-order valence-electron chi connectivity index (χ2n) is 14.0. The van der Waals surface area contributed by atoms with E-state index in [0.717, 1.165) is 86.9 Å². The molecular formula is C33H54O2. The van der Waals surface area contributed by atoms with Crippen LogP contribution in [0.1, 0.15) is 149 Å². The third-order valence-electron chi connectivity index (χ3n) is 12.4. The molecule has 0 N–H and O–H groups in total. The molecule has 2 heteroatoms. The van der Waals surface area contributed by atoms with Gasteiger partial charge in [-0.25, -0.2) is 0 Å². The number of ketones is 2. The third-order valence-corrected chi connectivity index (χ3v) is 12.4. The Morgan fingerprint density at radius 1 is 0.543 bits per heavy atom. The molecule has 198 valence electrons. The number of rotatable bonds is 7. The monoisotopic (exact) mass is 482 g/mol. The van der Waals surface area contributed by atoms with Gasteiger partial charge < -0.3 is 0 Å². The first kappa shape index (κ1) is 26.0. The Kier molecular flexibility index (Phi) is 8.15. The van der Waals surface area contributed by atoms with E-state index in [1.165, 1.54) is 83.5 Å². The maximum atomic E-state index is 13.7. The molecule has 0 atom stereocenters. The van der Waals surface area contributed by atoms with Crippen molar-refractivity contribution >= 4 is 11.6 Å². The summed E-state index contributed by atoms with van der Waals surface area (Å²) < 4.78 is 0. The average molecular weight is 483 g/mol. The van der Waals surface area contributed by atoms with E-state index in [1.54, 1.807) is 0 Å². The Balaban J connectivity index is 1.08. The zero-order valence-corrected chi connectivity index (χ0v) is 23.1. The fourth-order valence-corrected chi connectivity index (χ4v) is 9.88. The van der Waals surface area contributed by atoms with E-state index >= 15 is 0 Å². The molecule has 35 heavy (non-hydrogen) atoms. The lowest BCUT2D eigenvalue weighted by molar-refractivity contribution is -0.179. The summed E-state index contributed by atoms with van der Waals surface area (Å²) in [7, 11) is 0. The van der Waals surface area contributed by atoms with Crippen LogP contribution in [0.5, 0.6) is 0 Å². The summed E-state index contributed by atoms with van der Waals surface area (Å²) in [6.45, 7) is 4.64. The van der Waals surface area contributed by atoms with E-state index in [-0.39, 0.29) is 0 Å². The van der Waals surface area contributed by atoms with Gasteiger partial charge in [0.05, 0.1) is 10.8 Å². The van der Waals surface area contributed by atoms with Gasteiger partial charge in [-0.2, -0.15) is 0 Å². The molecule has 0 radical (unpaired) electrons. The van der Waals surface area contributed by atoms with Crippen molar-refractivity contribution in [3.05, 3.63) is 0 Å². The predicted octanol–water partition coefficient (Wildman–Crippen LogP) is 9.09. The van der Waals surface area contributed by atoms with E-state index in [4.69, 9.17) is 0 Å². The van der Waals surface area contributed by atoms with Gasteiger partial charge in [0.15, 0.2) is 11.6 Å². The number of carbonyl (C=O) groups excluding carboxylic acids is 2. The molecule has 2 nitrogen and oxygen atoms in total. The zero-order valence-electron chi connectivity index (χ0n) is 23.1. The number of Topliss-reactive ketones (excluding diaryl/α,β-unsaturated/α-hetero) is 2. The van der Waals surface area contributed by atoms with Crippen molar-refractivity contribution < 1.29 is 9.59 Å². The lowest BCUT2D eigenvalue weighted by Gasteiger charge is -2.58. The summed E-state index contributed by atoms with van der Waals surface area (Å²) in [5.41, 5.74) is -1.08. The van der Waals surface area contributed by atoms with Crippen LogP contribution in [0.4, 0.5) is 0 Å². The van der Waals surface area contributed by atoms with E-state index in [2.05, 4.69) is 13.8 Å². The highest BCUT2D eigenvalue weighted by Gasteiger charge is 2.71. The van der Waals surface area contributed by atoms with Crippen molar-refractivity contribution in [2.75, 3.05) is 0 Å². The molecule has 5 fully saturated rings. The Labute approximate surface area is 216 Å². The Bertz CT molecular complexity index is 700. The minimum absolute atomic E-state index is 0.404. The molecule has 0 saturated heterocycles. The first-order valence-corrected chi connectivity index (χ1v) is 16.1. The summed E-state index contributed by atoms with van der Waals surface area (Å²) in [5.74, 6) is 6.03. The molecule has 0 bridgehead atoms. The molecule has 0 heterocycles. The Morgan fingerprint density at radius 3 is 1.34 bits per heavy atom. The smallest absolute Gasteiger partial charge is 0.159 e. The first-order valence-electron chi connectivity index (χ1n) is 16.1. The highest BCUT2D eigenvalue weighted by atomic mass is 16.2. The fourth-order valence-electron chi connectivity index (χ4n) is 9.88. The normalized spacial score (nSPS) is 44.5. The van der Waals surface area contributed by atoms with Gasteiger partial charge in [-0.3, -0.25) is 9.59 Å². The van der Waals surface area contributed by atoms with Crippen molar-refractivity contribution in [2.45, 2.75) is 149 Å². The summed E-state index contributed by atoms with van der Waals surface area (Å²) in [5, 5.41) is 0. The van der Waals surface area contributed by atoms with Gasteiger partial charge in [0.25, 0.3) is 0 Å². The minimum atomic E-state index is -0.542. The molecule has 5 saturated carbocycles. The van der Waals surface area contributed by atoms with Gasteiger partial charge >= 0.3 is 0 Å². The molecule has 0 aromatic heterocycles. The zero-order chi connectivity index (χ0) is 24.5. The highest BCUT2D eigenvalue weighted by Crippen LogP contribution is 2.63. The molecule has 5 aliphatic carbocycles. The molecule has 0 aliphatic heterocycles. The van der Waals surface area contributed by atoms with E-state index in [0.29, 0.717) is 11.6 Å². The van der Waals surface area contributed by atoms with Crippen molar-refractivity contribution in [1.29, 1.82) is 0 Å². The fraction of sp³-hybridized carbons (Fsp3) is 0.939. The van der Waals surface area contributed by atoms with Crippen LogP contribution in [0, 0.1) is 46.3 Å². The van der Waals surface area contributed by atoms with E-state index in [1.807, 2.05) is 0 Å². The van der Waals surface area contributed by atoms with Gasteiger partial charge in [-0.1, -0.05) is 71.6 Å². The standard InChI is InChI=1S/C33H54O2/c1-3-5-6-7-25-10-14-27(15-11-25)29-18-22-33(23-19-29)30(34)32(31(33)35)20-16-28(17-21-32)26-12-8-24(4-2)9-13-26/h24-29H,3-23H2,1-2H3/t24-,25-,26-,27-,28?,29?,32?,33?. The van der Waals surface area contributed by atoms with Gasteiger partial charge in [-0.15, -0.1) is 0 Å². The quantitative estimate of drug-likeness (QED) is 0.268. The largest absolute Gasteiger partial charge is 0.297 e. The second-order valence-corrected chi connectivity index (χ2v) is 14.0. The summed E-state index contributed by atoms with van der Waals surface area (Å²) in [6.07, 6.45) is 26.3. The van der Waals surface area contributed by atoms with Crippen molar-refractivity contribution in [3.8, 4) is 0 Å². The molecule has 0 aromatic carbocycles. The van der Waals surface area contributed by atoms with Gasteiger partial charge in [-0.05, 0) is 113 Å². The lowest BCUT2D eigenvalue weighted by atomic mass is 9.41. The van der Waals surface area contributed by atoms with Gasteiger partial charge in [0.2, 0.25) is 0 Å². The third kappa shape index (κ3) is 4.83. The summed E-state index contributed by atoms with van der Waals surface area (Å²) in [6, 6.07) is 0. The summed E-state index contributed by atoms with van der Waals surface area (Å²) >= 11 is 0.